The molecule has 1 amide bonds. The number of sulfonamides is 1. The van der Waals surface area contributed by atoms with E-state index >= 15 is 0 Å². The highest BCUT2D eigenvalue weighted by atomic mass is 35.5. The van der Waals surface area contributed by atoms with Gasteiger partial charge >= 0.3 is 0 Å². The summed E-state index contributed by atoms with van der Waals surface area (Å²) < 4.78 is 33.4. The maximum absolute atomic E-state index is 13.5. The van der Waals surface area contributed by atoms with Gasteiger partial charge in [0.2, 0.25) is 5.91 Å². The van der Waals surface area contributed by atoms with Crippen molar-refractivity contribution in [2.75, 3.05) is 22.8 Å². The van der Waals surface area contributed by atoms with E-state index in [9.17, 15) is 13.2 Å². The Morgan fingerprint density at radius 2 is 1.82 bits per heavy atom. The molecule has 3 aromatic rings. The van der Waals surface area contributed by atoms with Crippen LogP contribution >= 0.6 is 23.2 Å². The number of halogens is 2. The number of amides is 1. The van der Waals surface area contributed by atoms with Crippen LogP contribution in [0.4, 0.5) is 11.4 Å². The number of nitrogens with one attached hydrogen (secondary N) is 1. The lowest BCUT2D eigenvalue weighted by atomic mass is 10.2. The SMILES string of the molecule is C=CCOc1cccc(NC(=O)CN(c2cc(Cl)ccc2Cl)S(=O)(=O)c2ccc(C)cc2)c1. The summed E-state index contributed by atoms with van der Waals surface area (Å²) in [5.74, 6) is -0.0303. The second-order valence-corrected chi connectivity index (χ2v) is 9.80. The number of anilines is 2. The number of rotatable bonds is 9. The molecule has 0 saturated carbocycles. The quantitative estimate of drug-likeness (QED) is 0.379. The van der Waals surface area contributed by atoms with Crippen LogP contribution in [0, 0.1) is 6.92 Å². The topological polar surface area (TPSA) is 75.7 Å². The first kappa shape index (κ1) is 24.6. The molecule has 33 heavy (non-hydrogen) atoms. The molecule has 0 heterocycles. The van der Waals surface area contributed by atoms with Gasteiger partial charge in [0.25, 0.3) is 10.0 Å². The molecule has 0 spiro atoms. The summed E-state index contributed by atoms with van der Waals surface area (Å²) in [4.78, 5) is 12.9. The second kappa shape index (κ2) is 10.7. The van der Waals surface area contributed by atoms with Crippen molar-refractivity contribution in [2.24, 2.45) is 0 Å². The van der Waals surface area contributed by atoms with Crippen molar-refractivity contribution in [3.8, 4) is 5.75 Å². The second-order valence-electron chi connectivity index (χ2n) is 7.10. The minimum absolute atomic E-state index is 0.0248. The summed E-state index contributed by atoms with van der Waals surface area (Å²) in [6.45, 7) is 5.24. The first-order valence-electron chi connectivity index (χ1n) is 9.89. The number of benzene rings is 3. The van der Waals surface area contributed by atoms with Crippen molar-refractivity contribution in [3.63, 3.8) is 0 Å². The van der Waals surface area contributed by atoms with Gasteiger partial charge in [-0.2, -0.15) is 0 Å². The Labute approximate surface area is 203 Å². The average Bonchev–Trinajstić information content (AvgIpc) is 2.78. The number of hydrogen-bond acceptors (Lipinski definition) is 4. The highest BCUT2D eigenvalue weighted by Crippen LogP contribution is 2.33. The van der Waals surface area contributed by atoms with Crippen LogP contribution < -0.4 is 14.4 Å². The summed E-state index contributed by atoms with van der Waals surface area (Å²) in [5.41, 5.74) is 1.45. The minimum Gasteiger partial charge on any atom is -0.489 e. The molecule has 0 unspecified atom stereocenters. The fourth-order valence-electron chi connectivity index (χ4n) is 2.96. The van der Waals surface area contributed by atoms with Crippen LogP contribution in [0.3, 0.4) is 0 Å². The van der Waals surface area contributed by atoms with Gasteiger partial charge in [-0.1, -0.05) is 59.6 Å². The summed E-state index contributed by atoms with van der Waals surface area (Å²) in [5, 5.41) is 3.12. The molecule has 0 bridgehead atoms. The van der Waals surface area contributed by atoms with E-state index in [-0.39, 0.29) is 20.6 Å². The first-order chi connectivity index (χ1) is 15.7. The predicted molar refractivity (Wildman–Crippen MR) is 133 cm³/mol. The molecular weight excluding hydrogens is 483 g/mol. The van der Waals surface area contributed by atoms with Crippen molar-refractivity contribution in [1.82, 2.24) is 0 Å². The normalized spacial score (nSPS) is 11.0. The summed E-state index contributed by atoms with van der Waals surface area (Å²) in [6.07, 6.45) is 1.60. The van der Waals surface area contributed by atoms with Gasteiger partial charge in [0.1, 0.15) is 18.9 Å². The van der Waals surface area contributed by atoms with Crippen molar-refractivity contribution < 1.29 is 17.9 Å². The Kier molecular flexibility index (Phi) is 8.02. The van der Waals surface area contributed by atoms with E-state index in [4.69, 9.17) is 27.9 Å². The number of ether oxygens (including phenoxy) is 1. The van der Waals surface area contributed by atoms with Crippen LogP contribution in [-0.2, 0) is 14.8 Å². The van der Waals surface area contributed by atoms with Crippen LogP contribution in [0.2, 0.25) is 10.0 Å². The zero-order valence-electron chi connectivity index (χ0n) is 17.8. The molecule has 9 heteroatoms. The lowest BCUT2D eigenvalue weighted by Gasteiger charge is -2.25. The van der Waals surface area contributed by atoms with Gasteiger partial charge in [0, 0.05) is 16.8 Å². The minimum atomic E-state index is -4.12. The molecule has 0 aliphatic rings. The molecule has 0 aliphatic carbocycles. The van der Waals surface area contributed by atoms with Gasteiger partial charge in [0.05, 0.1) is 15.6 Å². The van der Waals surface area contributed by atoms with E-state index in [1.54, 1.807) is 48.5 Å². The molecule has 3 aromatic carbocycles. The zero-order chi connectivity index (χ0) is 24.0. The van der Waals surface area contributed by atoms with Gasteiger partial charge in [-0.15, -0.1) is 0 Å². The molecular formula is C24H22Cl2N2O4S. The molecule has 0 fully saturated rings. The summed E-state index contributed by atoms with van der Waals surface area (Å²) in [7, 11) is -4.12. The van der Waals surface area contributed by atoms with Crippen LogP contribution in [0.15, 0.2) is 84.3 Å². The summed E-state index contributed by atoms with van der Waals surface area (Å²) in [6, 6.07) is 17.5. The number of aryl methyl sites for hydroxylation is 1. The summed E-state index contributed by atoms with van der Waals surface area (Å²) >= 11 is 12.4. The Morgan fingerprint density at radius 1 is 1.09 bits per heavy atom. The predicted octanol–water partition coefficient (Wildman–Crippen LogP) is 5.70. The van der Waals surface area contributed by atoms with Crippen molar-refractivity contribution in [3.05, 3.63) is 95.0 Å². The van der Waals surface area contributed by atoms with Gasteiger partial charge in [0.15, 0.2) is 0 Å². The Morgan fingerprint density at radius 3 is 2.52 bits per heavy atom. The maximum atomic E-state index is 13.5. The average molecular weight is 505 g/mol. The number of carbonyl (C=O) groups excluding carboxylic acids is 1. The van der Waals surface area contributed by atoms with E-state index in [1.807, 2.05) is 6.92 Å². The van der Waals surface area contributed by atoms with E-state index < -0.39 is 22.5 Å². The smallest absolute Gasteiger partial charge is 0.264 e. The van der Waals surface area contributed by atoms with E-state index in [1.165, 1.54) is 24.3 Å². The lowest BCUT2D eigenvalue weighted by molar-refractivity contribution is -0.114. The van der Waals surface area contributed by atoms with Gasteiger partial charge in [-0.25, -0.2) is 8.42 Å². The molecule has 0 atom stereocenters. The molecule has 1 N–H and O–H groups in total. The number of carbonyl (C=O) groups is 1. The fourth-order valence-corrected chi connectivity index (χ4v) is 4.83. The Balaban J connectivity index is 1.93. The Bertz CT molecular complexity index is 1260. The van der Waals surface area contributed by atoms with Crippen LogP contribution in [0.1, 0.15) is 5.56 Å². The monoisotopic (exact) mass is 504 g/mol. The van der Waals surface area contributed by atoms with Crippen molar-refractivity contribution in [2.45, 2.75) is 11.8 Å². The molecule has 0 radical (unpaired) electrons. The number of nitrogens with zero attached hydrogens (tertiary/aromatic N) is 1. The van der Waals surface area contributed by atoms with Crippen LogP contribution in [0.25, 0.3) is 0 Å². The van der Waals surface area contributed by atoms with Gasteiger partial charge in [-0.05, 0) is 49.4 Å². The largest absolute Gasteiger partial charge is 0.489 e. The van der Waals surface area contributed by atoms with Gasteiger partial charge in [-0.3, -0.25) is 9.10 Å². The molecule has 0 aliphatic heterocycles. The maximum Gasteiger partial charge on any atom is 0.264 e. The van der Waals surface area contributed by atoms with E-state index in [2.05, 4.69) is 11.9 Å². The molecule has 0 aromatic heterocycles. The molecule has 6 nitrogen and oxygen atoms in total. The highest BCUT2D eigenvalue weighted by Gasteiger charge is 2.29. The standard InChI is InChI=1S/C24H22Cl2N2O4S/c1-3-13-32-20-6-4-5-19(15-20)27-24(29)16-28(23-14-18(25)9-12-22(23)26)33(30,31)21-10-7-17(2)8-11-21/h3-12,14-15H,1,13,16H2,2H3,(H,27,29). The number of hydrogen-bond donors (Lipinski definition) is 1. The van der Waals surface area contributed by atoms with E-state index in [0.717, 1.165) is 9.87 Å². The fraction of sp³-hybridized carbons (Fsp3) is 0.125. The highest BCUT2D eigenvalue weighted by molar-refractivity contribution is 7.92. The van der Waals surface area contributed by atoms with Crippen LogP contribution in [-0.4, -0.2) is 27.5 Å². The third kappa shape index (κ3) is 6.28. The van der Waals surface area contributed by atoms with Crippen LogP contribution in [0.5, 0.6) is 5.75 Å². The van der Waals surface area contributed by atoms with Gasteiger partial charge < -0.3 is 10.1 Å². The Hall–Kier alpha value is -3.00. The molecule has 0 saturated heterocycles. The zero-order valence-corrected chi connectivity index (χ0v) is 20.1. The molecule has 3 rings (SSSR count). The third-order valence-corrected chi connectivity index (χ3v) is 6.89. The third-order valence-electron chi connectivity index (χ3n) is 4.56. The van der Waals surface area contributed by atoms with Crippen molar-refractivity contribution in [1.29, 1.82) is 0 Å². The lowest BCUT2D eigenvalue weighted by Crippen LogP contribution is -2.38. The van der Waals surface area contributed by atoms with E-state index in [0.29, 0.717) is 18.0 Å². The first-order valence-corrected chi connectivity index (χ1v) is 12.1. The van der Waals surface area contributed by atoms with Crippen molar-refractivity contribution >= 4 is 50.5 Å². The molecule has 172 valence electrons.